The Balaban J connectivity index is 1.38. The Kier molecular flexibility index (Phi) is 7.54. The van der Waals surface area contributed by atoms with Crippen LogP contribution in [0.4, 0.5) is 4.79 Å². The first kappa shape index (κ1) is 24.5. The maximum Gasteiger partial charge on any atom is 0.410 e. The number of benzene rings is 2. The largest absolute Gasteiger partial charge is 0.488 e. The first-order valence-corrected chi connectivity index (χ1v) is 12.1. The first-order chi connectivity index (χ1) is 16.8. The van der Waals surface area contributed by atoms with E-state index in [1.54, 1.807) is 11.1 Å². The van der Waals surface area contributed by atoms with Gasteiger partial charge in [0, 0.05) is 31.4 Å². The fourth-order valence-corrected chi connectivity index (χ4v) is 4.27. The molecule has 0 spiro atoms. The second-order valence-corrected chi connectivity index (χ2v) is 9.97. The third-order valence-corrected chi connectivity index (χ3v) is 6.08. The van der Waals surface area contributed by atoms with Crippen molar-refractivity contribution in [3.63, 3.8) is 0 Å². The van der Waals surface area contributed by atoms with Crippen LogP contribution < -0.4 is 4.74 Å². The lowest BCUT2D eigenvalue weighted by molar-refractivity contribution is 0.0177. The number of ether oxygens (including phenoxy) is 2. The molecule has 7 heteroatoms. The molecule has 1 aromatic heterocycles. The third-order valence-electron chi connectivity index (χ3n) is 6.08. The Labute approximate surface area is 206 Å². The standard InChI is InChI=1S/C28H33N3O4/c1-28(2,3)35-27(33)30-14-12-21(13-15-30)17-31-18-23(16-29-31)24-10-7-11-26(25(24)19-32)34-20-22-8-5-4-6-9-22/h4-11,16,18-19,21H,12-15,17,20H2,1-3H3. The Morgan fingerprint density at radius 3 is 2.51 bits per heavy atom. The summed E-state index contributed by atoms with van der Waals surface area (Å²) in [6, 6.07) is 15.5. The average Bonchev–Trinajstić information content (AvgIpc) is 3.30. The molecule has 4 rings (SSSR count). The number of hydrogen-bond donors (Lipinski definition) is 0. The molecule has 3 aromatic rings. The highest BCUT2D eigenvalue weighted by Gasteiger charge is 2.27. The van der Waals surface area contributed by atoms with E-state index in [0.29, 0.717) is 36.9 Å². The molecule has 35 heavy (non-hydrogen) atoms. The third kappa shape index (κ3) is 6.50. The summed E-state index contributed by atoms with van der Waals surface area (Å²) in [5.41, 5.74) is 2.76. The molecule has 0 aliphatic carbocycles. The molecule has 0 saturated carbocycles. The molecule has 1 saturated heterocycles. The molecular formula is C28H33N3O4. The van der Waals surface area contributed by atoms with Crippen LogP contribution in [0.5, 0.6) is 5.75 Å². The zero-order valence-electron chi connectivity index (χ0n) is 20.6. The Hall–Kier alpha value is -3.61. The van der Waals surface area contributed by atoms with Crippen molar-refractivity contribution in [3.05, 3.63) is 72.1 Å². The molecule has 0 radical (unpaired) electrons. The molecule has 0 N–H and O–H groups in total. The van der Waals surface area contributed by atoms with Gasteiger partial charge in [-0.15, -0.1) is 0 Å². The number of nitrogens with zero attached hydrogens (tertiary/aromatic N) is 3. The second kappa shape index (κ2) is 10.8. The number of carbonyl (C=O) groups excluding carboxylic acids is 2. The number of aromatic nitrogens is 2. The summed E-state index contributed by atoms with van der Waals surface area (Å²) >= 11 is 0. The molecule has 0 bridgehead atoms. The average molecular weight is 476 g/mol. The highest BCUT2D eigenvalue weighted by atomic mass is 16.6. The second-order valence-electron chi connectivity index (χ2n) is 9.97. The maximum atomic E-state index is 12.3. The van der Waals surface area contributed by atoms with Gasteiger partial charge in [0.25, 0.3) is 0 Å². The van der Waals surface area contributed by atoms with E-state index >= 15 is 0 Å². The van der Waals surface area contributed by atoms with Gasteiger partial charge in [0.15, 0.2) is 6.29 Å². The number of likely N-dealkylation sites (tertiary alicyclic amines) is 1. The van der Waals surface area contributed by atoms with Crippen LogP contribution >= 0.6 is 0 Å². The highest BCUT2D eigenvalue weighted by molar-refractivity contribution is 5.90. The van der Waals surface area contributed by atoms with Crippen LogP contribution in [-0.4, -0.2) is 45.8 Å². The lowest BCUT2D eigenvalue weighted by Crippen LogP contribution is -2.42. The molecular weight excluding hydrogens is 442 g/mol. The minimum atomic E-state index is -0.482. The summed E-state index contributed by atoms with van der Waals surface area (Å²) in [5.74, 6) is 0.983. The lowest BCUT2D eigenvalue weighted by atomic mass is 9.97. The van der Waals surface area contributed by atoms with Gasteiger partial charge in [-0.05, 0) is 56.7 Å². The summed E-state index contributed by atoms with van der Waals surface area (Å²) in [6.07, 6.45) is 6.17. The van der Waals surface area contributed by atoms with Gasteiger partial charge in [-0.3, -0.25) is 9.48 Å². The van der Waals surface area contributed by atoms with Gasteiger partial charge in [0.05, 0.1) is 11.8 Å². The minimum Gasteiger partial charge on any atom is -0.488 e. The fraction of sp³-hybridized carbons (Fsp3) is 0.393. The Morgan fingerprint density at radius 2 is 1.83 bits per heavy atom. The van der Waals surface area contributed by atoms with E-state index in [1.807, 2.05) is 80.2 Å². The highest BCUT2D eigenvalue weighted by Crippen LogP contribution is 2.30. The normalized spacial score (nSPS) is 14.5. The number of piperidine rings is 1. The van der Waals surface area contributed by atoms with E-state index in [0.717, 1.165) is 42.4 Å². The predicted molar refractivity (Wildman–Crippen MR) is 134 cm³/mol. The van der Waals surface area contributed by atoms with Crippen LogP contribution in [0.25, 0.3) is 11.1 Å². The minimum absolute atomic E-state index is 0.243. The van der Waals surface area contributed by atoms with E-state index < -0.39 is 5.60 Å². The van der Waals surface area contributed by atoms with Crippen molar-refractivity contribution in [2.24, 2.45) is 5.92 Å². The number of rotatable bonds is 7. The van der Waals surface area contributed by atoms with E-state index in [9.17, 15) is 9.59 Å². The predicted octanol–water partition coefficient (Wildman–Crippen LogP) is 5.59. The van der Waals surface area contributed by atoms with Gasteiger partial charge >= 0.3 is 6.09 Å². The van der Waals surface area contributed by atoms with E-state index in [-0.39, 0.29) is 6.09 Å². The molecule has 2 aromatic carbocycles. The monoisotopic (exact) mass is 475 g/mol. The number of aldehydes is 1. The van der Waals surface area contributed by atoms with Crippen LogP contribution in [0.1, 0.15) is 49.5 Å². The Bertz CT molecular complexity index is 1140. The molecule has 1 aliphatic rings. The summed E-state index contributed by atoms with van der Waals surface area (Å²) in [7, 11) is 0. The summed E-state index contributed by atoms with van der Waals surface area (Å²) in [5, 5.41) is 4.54. The van der Waals surface area contributed by atoms with Crippen LogP contribution in [-0.2, 0) is 17.9 Å². The number of hydrogen-bond acceptors (Lipinski definition) is 5. The van der Waals surface area contributed by atoms with Crippen molar-refractivity contribution < 1.29 is 19.1 Å². The van der Waals surface area contributed by atoms with E-state index in [1.165, 1.54) is 0 Å². The molecule has 1 aliphatic heterocycles. The molecule has 0 unspecified atom stereocenters. The molecule has 2 heterocycles. The topological polar surface area (TPSA) is 73.7 Å². The van der Waals surface area contributed by atoms with Crippen molar-refractivity contribution in [3.8, 4) is 16.9 Å². The zero-order chi connectivity index (χ0) is 24.8. The Morgan fingerprint density at radius 1 is 1.09 bits per heavy atom. The number of amides is 1. The molecule has 1 amide bonds. The van der Waals surface area contributed by atoms with Gasteiger partial charge in [-0.2, -0.15) is 5.10 Å². The van der Waals surface area contributed by atoms with Crippen LogP contribution in [0.2, 0.25) is 0 Å². The van der Waals surface area contributed by atoms with Crippen molar-refractivity contribution in [1.29, 1.82) is 0 Å². The van der Waals surface area contributed by atoms with Gasteiger partial charge < -0.3 is 14.4 Å². The van der Waals surface area contributed by atoms with Crippen LogP contribution in [0, 0.1) is 5.92 Å². The van der Waals surface area contributed by atoms with Gasteiger partial charge in [-0.25, -0.2) is 4.79 Å². The molecule has 7 nitrogen and oxygen atoms in total. The fourth-order valence-electron chi connectivity index (χ4n) is 4.27. The maximum absolute atomic E-state index is 12.3. The van der Waals surface area contributed by atoms with Crippen molar-refractivity contribution in [1.82, 2.24) is 14.7 Å². The quantitative estimate of drug-likeness (QED) is 0.417. The summed E-state index contributed by atoms with van der Waals surface area (Å²) in [6.45, 7) is 8.18. The SMILES string of the molecule is CC(C)(C)OC(=O)N1CCC(Cn2cc(-c3cccc(OCc4ccccc4)c3C=O)cn2)CC1. The van der Waals surface area contributed by atoms with Gasteiger partial charge in [0.1, 0.15) is 18.0 Å². The molecule has 0 atom stereocenters. The molecule has 184 valence electrons. The lowest BCUT2D eigenvalue weighted by Gasteiger charge is -2.33. The number of carbonyl (C=O) groups is 2. The molecule has 1 fully saturated rings. The van der Waals surface area contributed by atoms with Gasteiger partial charge in [0.2, 0.25) is 0 Å². The van der Waals surface area contributed by atoms with Crippen molar-refractivity contribution >= 4 is 12.4 Å². The smallest absolute Gasteiger partial charge is 0.410 e. The van der Waals surface area contributed by atoms with Crippen LogP contribution in [0.3, 0.4) is 0 Å². The summed E-state index contributed by atoms with van der Waals surface area (Å²) in [4.78, 5) is 26.1. The van der Waals surface area contributed by atoms with Crippen molar-refractivity contribution in [2.45, 2.75) is 52.4 Å². The van der Waals surface area contributed by atoms with Crippen LogP contribution in [0.15, 0.2) is 60.9 Å². The van der Waals surface area contributed by atoms with E-state index in [2.05, 4.69) is 5.10 Å². The summed E-state index contributed by atoms with van der Waals surface area (Å²) < 4.78 is 13.4. The van der Waals surface area contributed by atoms with Gasteiger partial charge in [-0.1, -0.05) is 42.5 Å². The van der Waals surface area contributed by atoms with Crippen molar-refractivity contribution in [2.75, 3.05) is 13.1 Å². The first-order valence-electron chi connectivity index (χ1n) is 12.1. The zero-order valence-corrected chi connectivity index (χ0v) is 20.6. The van der Waals surface area contributed by atoms with E-state index in [4.69, 9.17) is 9.47 Å².